The molecule has 0 heterocycles. The van der Waals surface area contributed by atoms with Crippen LogP contribution in [0.4, 0.5) is 14.9 Å². The average Bonchev–Trinajstić information content (AvgIpc) is 2.30. The quantitative estimate of drug-likeness (QED) is 0.798. The number of halogens is 2. The largest absolute Gasteiger partial charge is 0.480 e. The maximum absolute atomic E-state index is 13.3. The highest BCUT2D eigenvalue weighted by molar-refractivity contribution is 9.10. The molecule has 0 spiro atoms. The number of anilines is 1. The van der Waals surface area contributed by atoms with Gasteiger partial charge in [0.15, 0.2) is 0 Å². The molecule has 5 nitrogen and oxygen atoms in total. The van der Waals surface area contributed by atoms with Gasteiger partial charge in [0, 0.05) is 4.47 Å². The predicted octanol–water partition coefficient (Wildman–Crippen LogP) is 2.57. The number of hydrogen-bond acceptors (Lipinski definition) is 2. The Hall–Kier alpha value is -1.63. The first-order valence-electron chi connectivity index (χ1n) is 5.19. The first-order valence-corrected chi connectivity index (χ1v) is 5.98. The summed E-state index contributed by atoms with van der Waals surface area (Å²) in [6, 6.07) is 2.30. The maximum Gasteiger partial charge on any atom is 0.326 e. The van der Waals surface area contributed by atoms with Crippen molar-refractivity contribution in [3.8, 4) is 0 Å². The van der Waals surface area contributed by atoms with E-state index < -0.39 is 23.9 Å². The lowest BCUT2D eigenvalue weighted by Gasteiger charge is -2.13. The molecule has 1 aromatic rings. The summed E-state index contributed by atoms with van der Waals surface area (Å²) in [4.78, 5) is 22.2. The van der Waals surface area contributed by atoms with Gasteiger partial charge in [0.2, 0.25) is 0 Å². The molecule has 3 N–H and O–H groups in total. The van der Waals surface area contributed by atoms with Crippen molar-refractivity contribution in [2.75, 3.05) is 5.32 Å². The summed E-state index contributed by atoms with van der Waals surface area (Å²) in [5, 5.41) is 13.2. The van der Waals surface area contributed by atoms with Gasteiger partial charge in [0.1, 0.15) is 11.9 Å². The number of aliphatic carboxylic acids is 1. The number of carboxylic acids is 1. The Morgan fingerprint density at radius 2 is 2.17 bits per heavy atom. The number of carbonyl (C=O) groups is 2. The highest BCUT2D eigenvalue weighted by Crippen LogP contribution is 2.19. The topological polar surface area (TPSA) is 78.4 Å². The van der Waals surface area contributed by atoms with Crippen LogP contribution in [-0.4, -0.2) is 23.1 Å². The van der Waals surface area contributed by atoms with Gasteiger partial charge in [-0.15, -0.1) is 0 Å². The van der Waals surface area contributed by atoms with Crippen molar-refractivity contribution in [2.24, 2.45) is 0 Å². The van der Waals surface area contributed by atoms with Crippen LogP contribution in [0.25, 0.3) is 0 Å². The molecule has 98 valence electrons. The number of urea groups is 1. The van der Waals surface area contributed by atoms with Crippen molar-refractivity contribution in [3.05, 3.63) is 28.5 Å². The summed E-state index contributed by atoms with van der Waals surface area (Å²) in [6.07, 6.45) is 0.240. The molecule has 0 bridgehead atoms. The minimum absolute atomic E-state index is 0.0258. The molecule has 0 aliphatic rings. The Balaban J connectivity index is 2.70. The molecule has 1 atom stereocenters. The summed E-state index contributed by atoms with van der Waals surface area (Å²) < 4.78 is 13.9. The first-order chi connectivity index (χ1) is 8.43. The second-order valence-electron chi connectivity index (χ2n) is 3.52. The smallest absolute Gasteiger partial charge is 0.326 e. The molecule has 0 radical (unpaired) electrons. The molecule has 1 aromatic carbocycles. The van der Waals surface area contributed by atoms with Crippen molar-refractivity contribution in [2.45, 2.75) is 19.4 Å². The van der Waals surface area contributed by atoms with E-state index in [1.807, 2.05) is 0 Å². The number of carboxylic acid groups (broad SMARTS) is 1. The molecule has 1 rings (SSSR count). The average molecular weight is 319 g/mol. The summed E-state index contributed by atoms with van der Waals surface area (Å²) >= 11 is 3.14. The molecule has 0 saturated carbocycles. The van der Waals surface area contributed by atoms with Gasteiger partial charge in [0.05, 0.1) is 5.69 Å². The lowest BCUT2D eigenvalue weighted by molar-refractivity contribution is -0.139. The van der Waals surface area contributed by atoms with Crippen LogP contribution in [-0.2, 0) is 4.79 Å². The Bertz CT molecular complexity index is 468. The van der Waals surface area contributed by atoms with E-state index in [0.29, 0.717) is 4.47 Å². The van der Waals surface area contributed by atoms with E-state index in [1.165, 1.54) is 18.2 Å². The van der Waals surface area contributed by atoms with E-state index in [9.17, 15) is 14.0 Å². The third-order valence-corrected chi connectivity index (χ3v) is 2.68. The van der Waals surface area contributed by atoms with Gasteiger partial charge in [-0.3, -0.25) is 0 Å². The van der Waals surface area contributed by atoms with Crippen LogP contribution in [0.5, 0.6) is 0 Å². The molecule has 18 heavy (non-hydrogen) atoms. The van der Waals surface area contributed by atoms with Gasteiger partial charge in [-0.25, -0.2) is 14.0 Å². The van der Waals surface area contributed by atoms with Gasteiger partial charge in [-0.1, -0.05) is 22.9 Å². The van der Waals surface area contributed by atoms with Crippen molar-refractivity contribution in [1.29, 1.82) is 0 Å². The molecule has 2 amide bonds. The number of benzene rings is 1. The molecular weight excluding hydrogens is 307 g/mol. The standard InChI is InChI=1S/C11H12BrFN2O3/c1-2-8(10(16)17)14-11(18)15-9-5-6(12)3-4-7(9)13/h3-5,8H,2H2,1H3,(H,16,17)(H2,14,15,18)/t8-/m0/s1. The van der Waals surface area contributed by atoms with E-state index in [1.54, 1.807) is 6.92 Å². The van der Waals surface area contributed by atoms with Crippen LogP contribution >= 0.6 is 15.9 Å². The summed E-state index contributed by atoms with van der Waals surface area (Å²) in [5.74, 6) is -1.74. The van der Waals surface area contributed by atoms with Crippen LogP contribution in [0.3, 0.4) is 0 Å². The zero-order valence-electron chi connectivity index (χ0n) is 9.54. The minimum Gasteiger partial charge on any atom is -0.480 e. The lowest BCUT2D eigenvalue weighted by Crippen LogP contribution is -2.42. The van der Waals surface area contributed by atoms with Crippen molar-refractivity contribution in [1.82, 2.24) is 5.32 Å². The van der Waals surface area contributed by atoms with Gasteiger partial charge in [-0.05, 0) is 24.6 Å². The molecule has 0 aliphatic heterocycles. The zero-order valence-corrected chi connectivity index (χ0v) is 11.1. The van der Waals surface area contributed by atoms with Crippen LogP contribution in [0, 0.1) is 5.82 Å². The molecule has 0 unspecified atom stereocenters. The fourth-order valence-corrected chi connectivity index (χ4v) is 1.61. The Morgan fingerprint density at radius 1 is 1.50 bits per heavy atom. The first kappa shape index (κ1) is 14.4. The van der Waals surface area contributed by atoms with E-state index >= 15 is 0 Å². The maximum atomic E-state index is 13.3. The highest BCUT2D eigenvalue weighted by atomic mass is 79.9. The number of rotatable bonds is 4. The molecule has 0 saturated heterocycles. The Labute approximate surface area is 112 Å². The zero-order chi connectivity index (χ0) is 13.7. The number of amides is 2. The van der Waals surface area contributed by atoms with Crippen molar-refractivity contribution < 1.29 is 19.1 Å². The van der Waals surface area contributed by atoms with E-state index in [-0.39, 0.29) is 12.1 Å². The molecule has 0 aliphatic carbocycles. The van der Waals surface area contributed by atoms with E-state index in [4.69, 9.17) is 5.11 Å². The van der Waals surface area contributed by atoms with Crippen LogP contribution in [0.2, 0.25) is 0 Å². The predicted molar refractivity (Wildman–Crippen MR) is 68.0 cm³/mol. The van der Waals surface area contributed by atoms with Crippen LogP contribution in [0.15, 0.2) is 22.7 Å². The third kappa shape index (κ3) is 3.99. The summed E-state index contributed by atoms with van der Waals surface area (Å²) in [7, 11) is 0. The normalized spacial score (nSPS) is 11.7. The SMILES string of the molecule is CC[C@H](NC(=O)Nc1cc(Br)ccc1F)C(=O)O. The van der Waals surface area contributed by atoms with Crippen LogP contribution < -0.4 is 10.6 Å². The Morgan fingerprint density at radius 3 is 2.72 bits per heavy atom. The number of nitrogens with one attached hydrogen (secondary N) is 2. The van der Waals surface area contributed by atoms with Crippen molar-refractivity contribution in [3.63, 3.8) is 0 Å². The van der Waals surface area contributed by atoms with Crippen LogP contribution in [0.1, 0.15) is 13.3 Å². The van der Waals surface area contributed by atoms with E-state index in [0.717, 1.165) is 0 Å². The fraction of sp³-hybridized carbons (Fsp3) is 0.273. The molecular formula is C11H12BrFN2O3. The van der Waals surface area contributed by atoms with Crippen molar-refractivity contribution >= 4 is 33.6 Å². The van der Waals surface area contributed by atoms with Gasteiger partial charge < -0.3 is 15.7 Å². The lowest BCUT2D eigenvalue weighted by atomic mass is 10.2. The monoisotopic (exact) mass is 318 g/mol. The van der Waals surface area contributed by atoms with Gasteiger partial charge in [0.25, 0.3) is 0 Å². The molecule has 7 heteroatoms. The minimum atomic E-state index is -1.14. The Kier molecular flexibility index (Phi) is 5.08. The third-order valence-electron chi connectivity index (χ3n) is 2.19. The summed E-state index contributed by atoms with van der Waals surface area (Å²) in [6.45, 7) is 1.62. The summed E-state index contributed by atoms with van der Waals surface area (Å²) in [5.41, 5.74) is -0.0258. The molecule has 0 fully saturated rings. The number of carbonyl (C=O) groups excluding carboxylic acids is 1. The van der Waals surface area contributed by atoms with Gasteiger partial charge in [-0.2, -0.15) is 0 Å². The highest BCUT2D eigenvalue weighted by Gasteiger charge is 2.18. The fourth-order valence-electron chi connectivity index (χ4n) is 1.25. The van der Waals surface area contributed by atoms with Gasteiger partial charge >= 0.3 is 12.0 Å². The second-order valence-corrected chi connectivity index (χ2v) is 4.44. The molecule has 0 aromatic heterocycles. The number of hydrogen-bond donors (Lipinski definition) is 3. The van der Waals surface area contributed by atoms with E-state index in [2.05, 4.69) is 26.6 Å². The second kappa shape index (κ2) is 6.34.